The van der Waals surface area contributed by atoms with Gasteiger partial charge in [-0.05, 0) is 41.2 Å². The van der Waals surface area contributed by atoms with E-state index in [2.05, 4.69) is 5.32 Å². The first kappa shape index (κ1) is 14.8. The highest BCUT2D eigenvalue weighted by Crippen LogP contribution is 2.45. The fraction of sp³-hybridized carbons (Fsp3) is 1.00. The van der Waals surface area contributed by atoms with Crippen molar-refractivity contribution < 1.29 is 17.9 Å². The molecule has 0 aromatic carbocycles. The molecule has 0 aromatic rings. The number of halogens is 3. The molecule has 5 heteroatoms. The van der Waals surface area contributed by atoms with Gasteiger partial charge in [-0.3, -0.25) is 0 Å². The first-order valence-corrected chi connectivity index (χ1v) is 5.91. The van der Waals surface area contributed by atoms with Crippen molar-refractivity contribution in [3.8, 4) is 0 Å². The Morgan fingerprint density at radius 3 is 2.12 bits per heavy atom. The van der Waals surface area contributed by atoms with E-state index in [1.807, 2.05) is 27.7 Å². The van der Waals surface area contributed by atoms with Crippen LogP contribution in [-0.2, 0) is 4.74 Å². The lowest BCUT2D eigenvalue weighted by molar-refractivity contribution is -0.146. The number of alkyl halides is 3. The summed E-state index contributed by atoms with van der Waals surface area (Å²) in [6.07, 6.45) is -4.31. The van der Waals surface area contributed by atoms with Crippen LogP contribution < -0.4 is 5.32 Å². The van der Waals surface area contributed by atoms with Crippen LogP contribution in [0.5, 0.6) is 0 Å². The summed E-state index contributed by atoms with van der Waals surface area (Å²) in [5, 5.41) is 2.79. The van der Waals surface area contributed by atoms with Crippen LogP contribution in [0.25, 0.3) is 0 Å². The minimum Gasteiger partial charge on any atom is -0.369 e. The van der Waals surface area contributed by atoms with Gasteiger partial charge in [-0.1, -0.05) is 0 Å². The van der Waals surface area contributed by atoms with Crippen LogP contribution in [0, 0.1) is 5.92 Å². The fourth-order valence-corrected chi connectivity index (χ4v) is 2.93. The summed E-state index contributed by atoms with van der Waals surface area (Å²) in [5.74, 6) is -0.135. The molecule has 0 spiro atoms. The average Bonchev–Trinajstić information content (AvgIpc) is 2.28. The van der Waals surface area contributed by atoms with E-state index < -0.39 is 24.2 Å². The van der Waals surface area contributed by atoms with Crippen molar-refractivity contribution in [3.63, 3.8) is 0 Å². The molecule has 2 unspecified atom stereocenters. The molecule has 1 saturated heterocycles. The lowest BCUT2D eigenvalue weighted by Crippen LogP contribution is -2.45. The molecule has 0 saturated carbocycles. The predicted molar refractivity (Wildman–Crippen MR) is 60.9 cm³/mol. The van der Waals surface area contributed by atoms with Crippen LogP contribution in [-0.4, -0.2) is 30.5 Å². The minimum atomic E-state index is -4.14. The van der Waals surface area contributed by atoms with E-state index in [9.17, 15) is 13.2 Å². The summed E-state index contributed by atoms with van der Waals surface area (Å²) in [7, 11) is 1.58. The van der Waals surface area contributed by atoms with Crippen molar-refractivity contribution in [3.05, 3.63) is 0 Å². The first-order valence-electron chi connectivity index (χ1n) is 5.91. The number of hydrogen-bond donors (Lipinski definition) is 1. The van der Waals surface area contributed by atoms with Crippen LogP contribution in [0.15, 0.2) is 0 Å². The van der Waals surface area contributed by atoms with Crippen LogP contribution >= 0.6 is 0 Å². The fourth-order valence-electron chi connectivity index (χ4n) is 2.93. The van der Waals surface area contributed by atoms with Gasteiger partial charge in [0.25, 0.3) is 0 Å². The van der Waals surface area contributed by atoms with Gasteiger partial charge < -0.3 is 10.1 Å². The highest BCUT2D eigenvalue weighted by atomic mass is 19.4. The van der Waals surface area contributed by atoms with Gasteiger partial charge in [0.2, 0.25) is 0 Å². The Morgan fingerprint density at radius 1 is 1.29 bits per heavy atom. The molecular formula is C12H22F3NO. The molecule has 2 nitrogen and oxygen atoms in total. The molecule has 1 rings (SSSR count). The van der Waals surface area contributed by atoms with E-state index >= 15 is 0 Å². The molecule has 2 atom stereocenters. The Kier molecular flexibility index (Phi) is 3.85. The lowest BCUT2D eigenvalue weighted by atomic mass is 9.80. The molecule has 1 aliphatic rings. The molecule has 1 fully saturated rings. The number of hydrogen-bond acceptors (Lipinski definition) is 2. The Hall–Kier alpha value is -0.290. The highest BCUT2D eigenvalue weighted by molar-refractivity contribution is 4.99. The van der Waals surface area contributed by atoms with Gasteiger partial charge in [-0.25, -0.2) is 0 Å². The molecule has 0 bridgehead atoms. The molecule has 1 N–H and O–H groups in total. The maximum Gasteiger partial charge on any atom is 0.390 e. The third-order valence-electron chi connectivity index (χ3n) is 3.45. The van der Waals surface area contributed by atoms with Crippen molar-refractivity contribution in [1.29, 1.82) is 0 Å². The Balaban J connectivity index is 2.82. The second-order valence-electron chi connectivity index (χ2n) is 5.99. The Morgan fingerprint density at radius 2 is 1.82 bits per heavy atom. The van der Waals surface area contributed by atoms with E-state index in [1.54, 1.807) is 7.05 Å². The Bertz CT molecular complexity index is 273. The van der Waals surface area contributed by atoms with Gasteiger partial charge in [0.05, 0.1) is 17.6 Å². The molecule has 0 aliphatic carbocycles. The molecule has 1 aliphatic heterocycles. The van der Waals surface area contributed by atoms with Crippen molar-refractivity contribution in [2.45, 2.75) is 64.0 Å². The van der Waals surface area contributed by atoms with Crippen molar-refractivity contribution >= 4 is 0 Å². The van der Waals surface area contributed by atoms with Gasteiger partial charge in [-0.2, -0.15) is 13.2 Å². The number of nitrogens with one attached hydrogen (secondary N) is 1. The van der Waals surface area contributed by atoms with Gasteiger partial charge in [0.1, 0.15) is 0 Å². The third kappa shape index (κ3) is 3.85. The van der Waals surface area contributed by atoms with E-state index in [0.717, 1.165) is 0 Å². The van der Waals surface area contributed by atoms with Gasteiger partial charge in [-0.15, -0.1) is 0 Å². The quantitative estimate of drug-likeness (QED) is 0.834. The third-order valence-corrected chi connectivity index (χ3v) is 3.45. The molecule has 17 heavy (non-hydrogen) atoms. The van der Waals surface area contributed by atoms with E-state index in [-0.39, 0.29) is 11.5 Å². The van der Waals surface area contributed by atoms with E-state index in [0.29, 0.717) is 6.42 Å². The lowest BCUT2D eigenvalue weighted by Gasteiger charge is -2.33. The average molecular weight is 253 g/mol. The summed E-state index contributed by atoms with van der Waals surface area (Å²) < 4.78 is 43.4. The summed E-state index contributed by atoms with van der Waals surface area (Å²) in [6, 6.07) is -0.591. The van der Waals surface area contributed by atoms with E-state index in [1.165, 1.54) is 0 Å². The maximum atomic E-state index is 12.5. The summed E-state index contributed by atoms with van der Waals surface area (Å²) in [6.45, 7) is 7.59. The number of rotatable bonds is 3. The highest BCUT2D eigenvalue weighted by Gasteiger charge is 2.50. The van der Waals surface area contributed by atoms with Crippen LogP contribution in [0.2, 0.25) is 0 Å². The van der Waals surface area contributed by atoms with Crippen LogP contribution in [0.1, 0.15) is 40.5 Å². The molecule has 0 amide bonds. The van der Waals surface area contributed by atoms with Crippen molar-refractivity contribution in [2.75, 3.05) is 7.05 Å². The molecule has 1 heterocycles. The number of ether oxygens (including phenoxy) is 1. The van der Waals surface area contributed by atoms with Crippen LogP contribution in [0.4, 0.5) is 13.2 Å². The van der Waals surface area contributed by atoms with Gasteiger partial charge in [0, 0.05) is 12.0 Å². The largest absolute Gasteiger partial charge is 0.390 e. The zero-order valence-electron chi connectivity index (χ0n) is 11.1. The standard InChI is InChI=1S/C12H22F3NO/c1-10(2)6-8(11(3,4)17-10)9(16-5)7-12(13,14)15/h8-9,16H,6-7H2,1-5H3. The second kappa shape index (κ2) is 4.43. The predicted octanol–water partition coefficient (Wildman–Crippen LogP) is 3.12. The summed E-state index contributed by atoms with van der Waals surface area (Å²) >= 11 is 0. The van der Waals surface area contributed by atoms with Gasteiger partial charge in [0.15, 0.2) is 0 Å². The first-order chi connectivity index (χ1) is 7.47. The Labute approximate surface area is 101 Å². The summed E-state index contributed by atoms with van der Waals surface area (Å²) in [5.41, 5.74) is -0.878. The molecule has 0 aromatic heterocycles. The second-order valence-corrected chi connectivity index (χ2v) is 5.99. The molecule has 102 valence electrons. The molecule has 0 radical (unpaired) electrons. The van der Waals surface area contributed by atoms with Crippen LogP contribution in [0.3, 0.4) is 0 Å². The SMILES string of the molecule is CNC(CC(F)(F)F)C1CC(C)(C)OC1(C)C. The molecular weight excluding hydrogens is 231 g/mol. The smallest absolute Gasteiger partial charge is 0.369 e. The van der Waals surface area contributed by atoms with E-state index in [4.69, 9.17) is 4.74 Å². The van der Waals surface area contributed by atoms with Crippen molar-refractivity contribution in [1.82, 2.24) is 5.32 Å². The summed E-state index contributed by atoms with van der Waals surface area (Å²) in [4.78, 5) is 0. The van der Waals surface area contributed by atoms with Crippen molar-refractivity contribution in [2.24, 2.45) is 5.92 Å². The maximum absolute atomic E-state index is 12.5. The van der Waals surface area contributed by atoms with Gasteiger partial charge >= 0.3 is 6.18 Å². The monoisotopic (exact) mass is 253 g/mol. The topological polar surface area (TPSA) is 21.3 Å². The minimum absolute atomic E-state index is 0.135. The zero-order chi connectivity index (χ0) is 13.5. The normalized spacial score (nSPS) is 29.3. The zero-order valence-corrected chi connectivity index (χ0v) is 11.1.